The Morgan fingerprint density at radius 3 is 2.58 bits per heavy atom. The maximum atomic E-state index is 11.9. The van der Waals surface area contributed by atoms with E-state index < -0.39 is 12.5 Å². The van der Waals surface area contributed by atoms with Gasteiger partial charge in [0.05, 0.1) is 11.9 Å². The van der Waals surface area contributed by atoms with Gasteiger partial charge in [-0.2, -0.15) is 13.9 Å². The third kappa shape index (κ3) is 3.18. The summed E-state index contributed by atoms with van der Waals surface area (Å²) in [6.07, 6.45) is 1.36. The minimum absolute atomic E-state index is 0.0207. The molecule has 1 aromatic heterocycles. The lowest BCUT2D eigenvalue weighted by Gasteiger charge is -2.06. The molecule has 1 heterocycles. The first-order valence-corrected chi connectivity index (χ1v) is 5.21. The van der Waals surface area contributed by atoms with Crippen molar-refractivity contribution in [3.63, 3.8) is 0 Å². The van der Waals surface area contributed by atoms with Crippen LogP contribution in [0.5, 0.6) is 5.75 Å². The lowest BCUT2D eigenvalue weighted by atomic mass is 10.2. The van der Waals surface area contributed by atoms with Crippen molar-refractivity contribution in [2.24, 2.45) is 0 Å². The van der Waals surface area contributed by atoms with Gasteiger partial charge in [-0.1, -0.05) is 0 Å². The van der Waals surface area contributed by atoms with Gasteiger partial charge in [-0.05, 0) is 24.3 Å². The van der Waals surface area contributed by atoms with Crippen LogP contribution in [-0.2, 0) is 0 Å². The van der Waals surface area contributed by atoms with Crippen molar-refractivity contribution in [2.75, 3.05) is 11.1 Å². The number of nitrogens with zero attached hydrogens (tertiary/aromatic N) is 1. The van der Waals surface area contributed by atoms with Gasteiger partial charge in [0, 0.05) is 5.56 Å². The molecule has 2 rings (SSSR count). The van der Waals surface area contributed by atoms with Gasteiger partial charge in [-0.25, -0.2) is 0 Å². The van der Waals surface area contributed by atoms with Crippen molar-refractivity contribution in [1.29, 1.82) is 0 Å². The number of carbonyl (C=O) groups excluding carboxylic acids is 1. The molecule has 0 atom stereocenters. The summed E-state index contributed by atoms with van der Waals surface area (Å²) in [5.74, 6) is -0.190. The normalized spacial score (nSPS) is 10.5. The number of carbonyl (C=O) groups is 1. The first-order valence-electron chi connectivity index (χ1n) is 5.21. The fourth-order valence-corrected chi connectivity index (χ4v) is 1.37. The van der Waals surface area contributed by atoms with E-state index >= 15 is 0 Å². The average molecular weight is 268 g/mol. The van der Waals surface area contributed by atoms with Gasteiger partial charge in [-0.15, -0.1) is 0 Å². The molecule has 0 saturated carbocycles. The van der Waals surface area contributed by atoms with Crippen molar-refractivity contribution in [3.05, 3.63) is 36.0 Å². The van der Waals surface area contributed by atoms with Gasteiger partial charge in [0.25, 0.3) is 5.91 Å². The van der Waals surface area contributed by atoms with Crippen LogP contribution in [0.25, 0.3) is 0 Å². The van der Waals surface area contributed by atoms with Crippen LogP contribution in [0, 0.1) is 0 Å². The molecule has 4 N–H and O–H groups in total. The summed E-state index contributed by atoms with van der Waals surface area (Å²) in [6, 6.07) is 5.27. The van der Waals surface area contributed by atoms with Crippen molar-refractivity contribution in [2.45, 2.75) is 6.61 Å². The summed E-state index contributed by atoms with van der Waals surface area (Å²) < 4.78 is 28.1. The zero-order chi connectivity index (χ0) is 13.8. The second-order valence-corrected chi connectivity index (χ2v) is 3.56. The van der Waals surface area contributed by atoms with Gasteiger partial charge in [0.1, 0.15) is 5.75 Å². The Morgan fingerprint density at radius 1 is 1.37 bits per heavy atom. The van der Waals surface area contributed by atoms with Crippen LogP contribution >= 0.6 is 0 Å². The zero-order valence-corrected chi connectivity index (χ0v) is 9.56. The van der Waals surface area contributed by atoms with Crippen molar-refractivity contribution in [3.8, 4) is 5.75 Å². The number of H-pyrrole nitrogens is 1. The van der Waals surface area contributed by atoms with Crippen molar-refractivity contribution >= 4 is 17.4 Å². The molecule has 0 aliphatic carbocycles. The number of amides is 1. The van der Waals surface area contributed by atoms with Crippen LogP contribution in [0.15, 0.2) is 30.5 Å². The van der Waals surface area contributed by atoms with Crippen LogP contribution in [-0.4, -0.2) is 22.7 Å². The number of nitrogens with two attached hydrogens (primary N) is 1. The first kappa shape index (κ1) is 12.8. The number of alkyl halides is 2. The van der Waals surface area contributed by atoms with E-state index in [0.29, 0.717) is 5.69 Å². The first-order chi connectivity index (χ1) is 9.06. The minimum atomic E-state index is -2.90. The summed E-state index contributed by atoms with van der Waals surface area (Å²) in [5, 5.41) is 8.66. The lowest BCUT2D eigenvalue weighted by molar-refractivity contribution is -0.0498. The summed E-state index contributed by atoms with van der Waals surface area (Å²) in [4.78, 5) is 11.8. The maximum Gasteiger partial charge on any atom is 0.387 e. The second kappa shape index (κ2) is 5.34. The smallest absolute Gasteiger partial charge is 0.387 e. The van der Waals surface area contributed by atoms with E-state index in [2.05, 4.69) is 20.3 Å². The van der Waals surface area contributed by atoms with Crippen LogP contribution < -0.4 is 15.8 Å². The molecule has 8 heteroatoms. The highest BCUT2D eigenvalue weighted by Crippen LogP contribution is 2.17. The Bertz CT molecular complexity index is 568. The third-order valence-electron chi connectivity index (χ3n) is 2.25. The molecule has 0 saturated heterocycles. The van der Waals surface area contributed by atoms with Gasteiger partial charge < -0.3 is 15.8 Å². The topological polar surface area (TPSA) is 93.0 Å². The number of halogens is 2. The molecular formula is C11H10F2N4O2. The number of nitrogens with one attached hydrogen (secondary N) is 2. The number of benzene rings is 1. The molecular weight excluding hydrogens is 258 g/mol. The predicted molar refractivity (Wildman–Crippen MR) is 64.0 cm³/mol. The number of hydrogen-bond acceptors (Lipinski definition) is 4. The highest BCUT2D eigenvalue weighted by Gasteiger charge is 2.10. The fraction of sp³-hybridized carbons (Fsp3) is 0.0909. The monoisotopic (exact) mass is 268 g/mol. The van der Waals surface area contributed by atoms with E-state index in [1.807, 2.05) is 0 Å². The van der Waals surface area contributed by atoms with Crippen LogP contribution in [0.3, 0.4) is 0 Å². The van der Waals surface area contributed by atoms with Gasteiger partial charge >= 0.3 is 6.61 Å². The number of nitrogen functional groups attached to an aromatic ring is 1. The van der Waals surface area contributed by atoms with Crippen molar-refractivity contribution < 1.29 is 18.3 Å². The Balaban J connectivity index is 2.05. The molecule has 0 spiro atoms. The Labute approximate surface area is 106 Å². The summed E-state index contributed by atoms with van der Waals surface area (Å²) in [6.45, 7) is -2.90. The molecule has 0 unspecified atom stereocenters. The molecule has 6 nitrogen and oxygen atoms in total. The molecule has 0 radical (unpaired) electrons. The Kier molecular flexibility index (Phi) is 3.60. The lowest BCUT2D eigenvalue weighted by Crippen LogP contribution is -2.13. The highest BCUT2D eigenvalue weighted by molar-refractivity contribution is 6.05. The maximum absolute atomic E-state index is 11.9. The van der Waals surface area contributed by atoms with E-state index in [-0.39, 0.29) is 17.1 Å². The Morgan fingerprint density at radius 2 is 2.05 bits per heavy atom. The number of anilines is 2. The zero-order valence-electron chi connectivity index (χ0n) is 9.56. The molecule has 0 aliphatic heterocycles. The summed E-state index contributed by atoms with van der Waals surface area (Å²) >= 11 is 0. The predicted octanol–water partition coefficient (Wildman–Crippen LogP) is 1.85. The molecule has 1 aromatic carbocycles. The third-order valence-corrected chi connectivity index (χ3v) is 2.25. The van der Waals surface area contributed by atoms with E-state index in [1.54, 1.807) is 0 Å². The largest absolute Gasteiger partial charge is 0.435 e. The van der Waals surface area contributed by atoms with Crippen LogP contribution in [0.1, 0.15) is 10.4 Å². The molecule has 100 valence electrons. The number of rotatable bonds is 4. The number of ether oxygens (including phenoxy) is 1. The number of aromatic amines is 1. The van der Waals surface area contributed by atoms with Crippen molar-refractivity contribution in [1.82, 2.24) is 10.2 Å². The quantitative estimate of drug-likeness (QED) is 0.788. The number of aromatic nitrogens is 2. The average Bonchev–Trinajstić information content (AvgIpc) is 2.75. The van der Waals surface area contributed by atoms with Gasteiger partial charge in [0.2, 0.25) is 0 Å². The van der Waals surface area contributed by atoms with E-state index in [9.17, 15) is 13.6 Å². The van der Waals surface area contributed by atoms with Gasteiger partial charge in [0.15, 0.2) is 5.82 Å². The SMILES string of the molecule is Nc1cn[nH]c1NC(=O)c1ccc(OC(F)F)cc1. The Hall–Kier alpha value is -2.64. The molecule has 0 fully saturated rings. The highest BCUT2D eigenvalue weighted by atomic mass is 19.3. The second-order valence-electron chi connectivity index (χ2n) is 3.56. The number of hydrogen-bond donors (Lipinski definition) is 3. The van der Waals surface area contributed by atoms with Crippen LogP contribution in [0.4, 0.5) is 20.3 Å². The summed E-state index contributed by atoms with van der Waals surface area (Å²) in [7, 11) is 0. The molecule has 0 aliphatic rings. The van der Waals surface area contributed by atoms with Gasteiger partial charge in [-0.3, -0.25) is 9.89 Å². The minimum Gasteiger partial charge on any atom is -0.435 e. The van der Waals surface area contributed by atoms with E-state index in [0.717, 1.165) is 0 Å². The summed E-state index contributed by atoms with van der Waals surface area (Å²) in [5.41, 5.74) is 6.10. The van der Waals surface area contributed by atoms with Crippen LogP contribution in [0.2, 0.25) is 0 Å². The molecule has 2 aromatic rings. The molecule has 1 amide bonds. The van der Waals surface area contributed by atoms with E-state index in [1.165, 1.54) is 30.5 Å². The molecule has 0 bridgehead atoms. The molecule has 19 heavy (non-hydrogen) atoms. The van der Waals surface area contributed by atoms with E-state index in [4.69, 9.17) is 5.73 Å². The fourth-order valence-electron chi connectivity index (χ4n) is 1.37. The standard InChI is InChI=1S/C11H10F2N4O2/c12-11(13)19-7-3-1-6(2-4-7)10(18)16-9-8(14)5-15-17-9/h1-5,11H,14H2,(H2,15,16,17,18).